The molecule has 1 N–H and O–H groups in total. The number of hydrogen-bond acceptors (Lipinski definition) is 3. The molecule has 0 unspecified atom stereocenters. The first-order chi connectivity index (χ1) is 9.02. The Balaban J connectivity index is 2.38. The lowest BCUT2D eigenvalue weighted by Crippen LogP contribution is -2.32. The van der Waals surface area contributed by atoms with Crippen molar-refractivity contribution < 1.29 is 0 Å². The van der Waals surface area contributed by atoms with Crippen LogP contribution in [0.3, 0.4) is 0 Å². The molecule has 1 saturated carbocycles. The van der Waals surface area contributed by atoms with Crippen LogP contribution >= 0.6 is 0 Å². The van der Waals surface area contributed by atoms with Gasteiger partial charge in [0.2, 0.25) is 0 Å². The molecule has 0 amide bonds. The Morgan fingerprint density at radius 2 is 2.05 bits per heavy atom. The third kappa shape index (κ3) is 3.47. The van der Waals surface area contributed by atoms with Crippen LogP contribution in [0.5, 0.6) is 0 Å². The first-order valence-corrected chi connectivity index (χ1v) is 7.41. The van der Waals surface area contributed by atoms with E-state index in [1.807, 2.05) is 7.05 Å². The Morgan fingerprint density at radius 1 is 1.37 bits per heavy atom. The van der Waals surface area contributed by atoms with E-state index in [0.717, 1.165) is 18.8 Å². The number of aromatic nitrogens is 1. The van der Waals surface area contributed by atoms with Crippen molar-refractivity contribution in [3.05, 3.63) is 22.9 Å². The molecule has 1 aromatic heterocycles. The molecule has 3 heteroatoms. The minimum atomic E-state index is 0.672. The van der Waals surface area contributed by atoms with Gasteiger partial charge >= 0.3 is 0 Å². The van der Waals surface area contributed by atoms with Crippen LogP contribution in [0.2, 0.25) is 0 Å². The lowest BCUT2D eigenvalue weighted by atomic mass is 10.1. The molecular formula is C16H27N3. The van der Waals surface area contributed by atoms with Gasteiger partial charge in [0, 0.05) is 30.4 Å². The third-order valence-corrected chi connectivity index (χ3v) is 3.63. The fourth-order valence-corrected chi connectivity index (χ4v) is 2.66. The first-order valence-electron chi connectivity index (χ1n) is 7.41. The van der Waals surface area contributed by atoms with Gasteiger partial charge in [0.25, 0.3) is 0 Å². The smallest absolute Gasteiger partial charge is 0.133 e. The van der Waals surface area contributed by atoms with Crippen LogP contribution in [0.15, 0.2) is 6.07 Å². The fourth-order valence-electron chi connectivity index (χ4n) is 2.66. The quantitative estimate of drug-likeness (QED) is 0.853. The Kier molecular flexibility index (Phi) is 4.46. The molecule has 2 rings (SSSR count). The van der Waals surface area contributed by atoms with Gasteiger partial charge in [-0.25, -0.2) is 4.98 Å². The monoisotopic (exact) mass is 261 g/mol. The summed E-state index contributed by atoms with van der Waals surface area (Å²) in [5.41, 5.74) is 3.84. The molecule has 1 aromatic rings. The Bertz CT molecular complexity index is 436. The minimum absolute atomic E-state index is 0.672. The molecule has 1 aliphatic carbocycles. The summed E-state index contributed by atoms with van der Waals surface area (Å²) in [7, 11) is 2.01. The molecule has 0 radical (unpaired) electrons. The van der Waals surface area contributed by atoms with Gasteiger partial charge in [-0.15, -0.1) is 0 Å². The largest absolute Gasteiger partial charge is 0.353 e. The second-order valence-corrected chi connectivity index (χ2v) is 6.19. The molecule has 0 saturated heterocycles. The van der Waals surface area contributed by atoms with Gasteiger partial charge in [0.05, 0.1) is 0 Å². The summed E-state index contributed by atoms with van der Waals surface area (Å²) in [6, 6.07) is 2.91. The molecule has 1 fully saturated rings. The first kappa shape index (κ1) is 14.3. The van der Waals surface area contributed by atoms with E-state index >= 15 is 0 Å². The highest BCUT2D eigenvalue weighted by Crippen LogP contribution is 2.34. The van der Waals surface area contributed by atoms with E-state index in [1.54, 1.807) is 0 Å². The summed E-state index contributed by atoms with van der Waals surface area (Å²) in [5, 5.41) is 3.29. The van der Waals surface area contributed by atoms with Gasteiger partial charge in [-0.3, -0.25) is 0 Å². The maximum absolute atomic E-state index is 4.85. The number of anilines is 1. The van der Waals surface area contributed by atoms with Crippen molar-refractivity contribution in [2.75, 3.05) is 18.5 Å². The molecule has 0 aliphatic heterocycles. The normalized spacial score (nSPS) is 15.1. The van der Waals surface area contributed by atoms with E-state index in [2.05, 4.69) is 44.0 Å². The predicted octanol–water partition coefficient (Wildman–Crippen LogP) is 3.04. The molecule has 3 nitrogen and oxygen atoms in total. The summed E-state index contributed by atoms with van der Waals surface area (Å²) >= 11 is 0. The van der Waals surface area contributed by atoms with Crippen molar-refractivity contribution in [2.45, 2.75) is 53.1 Å². The van der Waals surface area contributed by atoms with Crippen molar-refractivity contribution in [3.63, 3.8) is 0 Å². The predicted molar refractivity (Wildman–Crippen MR) is 81.7 cm³/mol. The summed E-state index contributed by atoms with van der Waals surface area (Å²) < 4.78 is 0. The van der Waals surface area contributed by atoms with Crippen molar-refractivity contribution >= 4 is 5.82 Å². The highest BCUT2D eigenvalue weighted by atomic mass is 15.2. The number of hydrogen-bond donors (Lipinski definition) is 1. The standard InChI is InChI=1S/C16H27N3/c1-11(2)10-19(14-6-7-14)16-15(9-17-5)12(3)8-13(4)18-16/h8,11,14,17H,6-7,9-10H2,1-5H3. The van der Waals surface area contributed by atoms with Crippen molar-refractivity contribution in [3.8, 4) is 0 Å². The zero-order chi connectivity index (χ0) is 14.0. The summed E-state index contributed by atoms with van der Waals surface area (Å²) in [6.45, 7) is 10.9. The highest BCUT2D eigenvalue weighted by molar-refractivity contribution is 5.53. The van der Waals surface area contributed by atoms with Crippen LogP contribution in [0, 0.1) is 19.8 Å². The molecule has 19 heavy (non-hydrogen) atoms. The maximum atomic E-state index is 4.85. The molecule has 0 atom stereocenters. The average Bonchev–Trinajstić information content (AvgIpc) is 3.13. The van der Waals surface area contributed by atoms with Gasteiger partial charge in [0.1, 0.15) is 5.82 Å². The van der Waals surface area contributed by atoms with Gasteiger partial charge in [-0.05, 0) is 51.3 Å². The van der Waals surface area contributed by atoms with E-state index in [-0.39, 0.29) is 0 Å². The SMILES string of the molecule is CNCc1c(C)cc(C)nc1N(CC(C)C)C1CC1. The maximum Gasteiger partial charge on any atom is 0.133 e. The number of nitrogens with zero attached hydrogens (tertiary/aromatic N) is 2. The van der Waals surface area contributed by atoms with Crippen LogP contribution in [0.25, 0.3) is 0 Å². The second kappa shape index (κ2) is 5.91. The van der Waals surface area contributed by atoms with Crippen LogP contribution in [0.1, 0.15) is 43.5 Å². The number of pyridine rings is 1. The van der Waals surface area contributed by atoms with E-state index in [1.165, 1.54) is 29.8 Å². The molecule has 1 heterocycles. The fraction of sp³-hybridized carbons (Fsp3) is 0.688. The number of rotatable bonds is 6. The lowest BCUT2D eigenvalue weighted by molar-refractivity contribution is 0.598. The van der Waals surface area contributed by atoms with Gasteiger partial charge in [-0.1, -0.05) is 13.8 Å². The van der Waals surface area contributed by atoms with Crippen LogP contribution in [-0.4, -0.2) is 24.6 Å². The van der Waals surface area contributed by atoms with Crippen LogP contribution < -0.4 is 10.2 Å². The van der Waals surface area contributed by atoms with Crippen LogP contribution in [0.4, 0.5) is 5.82 Å². The summed E-state index contributed by atoms with van der Waals surface area (Å²) in [4.78, 5) is 7.39. The van der Waals surface area contributed by atoms with Crippen molar-refractivity contribution in [1.29, 1.82) is 0 Å². The third-order valence-electron chi connectivity index (χ3n) is 3.63. The molecule has 106 valence electrons. The van der Waals surface area contributed by atoms with Crippen molar-refractivity contribution in [1.82, 2.24) is 10.3 Å². The second-order valence-electron chi connectivity index (χ2n) is 6.19. The van der Waals surface area contributed by atoms with E-state index in [0.29, 0.717) is 12.0 Å². The van der Waals surface area contributed by atoms with Gasteiger partial charge < -0.3 is 10.2 Å². The van der Waals surface area contributed by atoms with Crippen molar-refractivity contribution in [2.24, 2.45) is 5.92 Å². The zero-order valence-corrected chi connectivity index (χ0v) is 13.0. The molecule has 1 aliphatic rings. The van der Waals surface area contributed by atoms with Gasteiger partial charge in [0.15, 0.2) is 0 Å². The van der Waals surface area contributed by atoms with E-state index in [4.69, 9.17) is 4.98 Å². The Morgan fingerprint density at radius 3 is 2.58 bits per heavy atom. The number of aryl methyl sites for hydroxylation is 2. The molecule has 0 bridgehead atoms. The number of nitrogens with one attached hydrogen (secondary N) is 1. The van der Waals surface area contributed by atoms with Crippen LogP contribution in [-0.2, 0) is 6.54 Å². The van der Waals surface area contributed by atoms with Gasteiger partial charge in [-0.2, -0.15) is 0 Å². The minimum Gasteiger partial charge on any atom is -0.353 e. The zero-order valence-electron chi connectivity index (χ0n) is 13.0. The van der Waals surface area contributed by atoms with E-state index < -0.39 is 0 Å². The highest BCUT2D eigenvalue weighted by Gasteiger charge is 2.32. The Labute approximate surface area is 117 Å². The molecule has 0 aromatic carbocycles. The molecular weight excluding hydrogens is 234 g/mol. The average molecular weight is 261 g/mol. The van der Waals surface area contributed by atoms with E-state index in [9.17, 15) is 0 Å². The summed E-state index contributed by atoms with van der Waals surface area (Å²) in [6.07, 6.45) is 2.64. The lowest BCUT2D eigenvalue weighted by Gasteiger charge is -2.29. The Hall–Kier alpha value is -1.09. The summed E-state index contributed by atoms with van der Waals surface area (Å²) in [5.74, 6) is 1.88. The topological polar surface area (TPSA) is 28.2 Å². The molecule has 0 spiro atoms.